The van der Waals surface area contributed by atoms with Crippen molar-refractivity contribution in [3.8, 4) is 17.3 Å². The van der Waals surface area contributed by atoms with Crippen LogP contribution in [0.15, 0.2) is 42.8 Å². The Morgan fingerprint density at radius 3 is 2.81 bits per heavy atom. The lowest BCUT2D eigenvalue weighted by atomic mass is 9.92. The van der Waals surface area contributed by atoms with E-state index < -0.39 is 18.1 Å². The molecule has 8 heterocycles. The average molecular weight is 662 g/mol. The van der Waals surface area contributed by atoms with Crippen molar-refractivity contribution in [3.63, 3.8) is 0 Å². The monoisotopic (exact) mass is 661 g/mol. The van der Waals surface area contributed by atoms with Crippen LogP contribution in [0.1, 0.15) is 24.8 Å². The van der Waals surface area contributed by atoms with Gasteiger partial charge in [0, 0.05) is 41.8 Å². The molecule has 3 fully saturated rings. The Morgan fingerprint density at radius 2 is 1.98 bits per heavy atom. The van der Waals surface area contributed by atoms with Crippen molar-refractivity contribution in [2.24, 2.45) is 0 Å². The number of rotatable bonds is 3. The lowest BCUT2D eigenvalue weighted by Crippen LogP contribution is -2.43. The minimum Gasteiger partial charge on any atom is -0.461 e. The topological polar surface area (TPSA) is 128 Å². The minimum atomic E-state index is -0.794. The molecule has 0 radical (unpaired) electrons. The van der Waals surface area contributed by atoms with E-state index in [1.807, 2.05) is 4.90 Å². The van der Waals surface area contributed by atoms with Crippen molar-refractivity contribution in [1.82, 2.24) is 30.0 Å². The van der Waals surface area contributed by atoms with Crippen molar-refractivity contribution in [1.29, 1.82) is 0 Å². The molecule has 1 atom stereocenters. The molecule has 5 aliphatic rings. The Labute approximate surface area is 274 Å². The fourth-order valence-corrected chi connectivity index (χ4v) is 7.69. The third-order valence-electron chi connectivity index (χ3n) is 9.39. The second-order valence-corrected chi connectivity index (χ2v) is 13.1. The van der Waals surface area contributed by atoms with Gasteiger partial charge in [-0.05, 0) is 37.3 Å². The van der Waals surface area contributed by atoms with Crippen LogP contribution in [0.4, 0.5) is 15.0 Å². The summed E-state index contributed by atoms with van der Waals surface area (Å²) >= 11 is 6.77. The molecule has 12 nitrogen and oxygen atoms in total. The van der Waals surface area contributed by atoms with E-state index in [0.29, 0.717) is 64.2 Å². The van der Waals surface area contributed by atoms with Crippen molar-refractivity contribution in [2.45, 2.75) is 37.3 Å². The Morgan fingerprint density at radius 1 is 1.15 bits per heavy atom. The Kier molecular flexibility index (Phi) is 7.49. The summed E-state index contributed by atoms with van der Waals surface area (Å²) in [5.74, 6) is -0.244. The highest BCUT2D eigenvalue weighted by molar-refractivity contribution is 6.33. The fraction of sp³-hybridized carbons (Fsp3) is 0.424. The predicted octanol–water partition coefficient (Wildman–Crippen LogP) is 5.00. The summed E-state index contributed by atoms with van der Waals surface area (Å²) in [5.41, 5.74) is 3.85. The van der Waals surface area contributed by atoms with E-state index in [9.17, 15) is 4.79 Å². The lowest BCUT2D eigenvalue weighted by Gasteiger charge is -2.31. The highest BCUT2D eigenvalue weighted by atomic mass is 35.5. The molecule has 47 heavy (non-hydrogen) atoms. The number of hydrogen-bond donors (Lipinski definition) is 1. The van der Waals surface area contributed by atoms with Gasteiger partial charge >= 0.3 is 12.2 Å². The summed E-state index contributed by atoms with van der Waals surface area (Å²) in [6.07, 6.45) is 4.07. The summed E-state index contributed by atoms with van der Waals surface area (Å²) in [6, 6.07) is 1.77. The molecule has 14 heteroatoms. The number of carbonyl (C=O) groups is 1. The molecule has 244 valence electrons. The van der Waals surface area contributed by atoms with E-state index in [2.05, 4.69) is 38.2 Å². The summed E-state index contributed by atoms with van der Waals surface area (Å²) in [4.78, 5) is 31.0. The largest absolute Gasteiger partial charge is 0.508 e. The number of nitrogens with one attached hydrogen (secondary N) is 1. The number of H-pyrrole nitrogens is 1. The molecule has 1 aromatic carbocycles. The van der Waals surface area contributed by atoms with Gasteiger partial charge in [-0.15, -0.1) is 0 Å². The molecule has 0 saturated carbocycles. The van der Waals surface area contributed by atoms with E-state index in [4.69, 9.17) is 35.5 Å². The molecule has 5 aliphatic heterocycles. The van der Waals surface area contributed by atoms with Gasteiger partial charge < -0.3 is 23.8 Å². The van der Waals surface area contributed by atoms with Crippen LogP contribution in [0, 0.1) is 5.82 Å². The summed E-state index contributed by atoms with van der Waals surface area (Å²) in [7, 11) is 0. The van der Waals surface area contributed by atoms with Gasteiger partial charge in [0.25, 0.3) is 0 Å². The molecule has 0 spiro atoms. The summed E-state index contributed by atoms with van der Waals surface area (Å²) < 4.78 is 40.2. The Hall–Kier alpha value is -4.33. The molecule has 3 aromatic heterocycles. The number of hydrogen-bond acceptors (Lipinski definition) is 11. The first-order chi connectivity index (χ1) is 22.8. The zero-order valence-corrected chi connectivity index (χ0v) is 26.4. The quantitative estimate of drug-likeness (QED) is 0.235. The molecule has 3 saturated heterocycles. The van der Waals surface area contributed by atoms with Crippen LogP contribution in [0.3, 0.4) is 0 Å². The number of ether oxygens (including phenoxy) is 4. The molecule has 0 unspecified atom stereocenters. The first-order valence-electron chi connectivity index (χ1n) is 15.7. The van der Waals surface area contributed by atoms with Crippen molar-refractivity contribution < 1.29 is 28.1 Å². The summed E-state index contributed by atoms with van der Waals surface area (Å²) in [5, 5.41) is 8.54. The van der Waals surface area contributed by atoms with E-state index in [1.165, 1.54) is 0 Å². The fourth-order valence-electron chi connectivity index (χ4n) is 7.39. The number of fused-ring (bicyclic) bond motifs is 8. The summed E-state index contributed by atoms with van der Waals surface area (Å²) in [6.45, 7) is 11.5. The number of carbonyl (C=O) groups excluding carboxylic acids is 1. The number of pyridine rings is 1. The molecule has 4 aromatic rings. The number of benzene rings is 1. The highest BCUT2D eigenvalue weighted by Crippen LogP contribution is 2.43. The van der Waals surface area contributed by atoms with Gasteiger partial charge in [0.2, 0.25) is 0 Å². The smallest absolute Gasteiger partial charge is 0.461 e. The Bertz CT molecular complexity index is 1930. The maximum Gasteiger partial charge on any atom is 0.508 e. The number of anilines is 1. The zero-order chi connectivity index (χ0) is 32.3. The van der Waals surface area contributed by atoms with Gasteiger partial charge in [-0.3, -0.25) is 15.0 Å². The van der Waals surface area contributed by atoms with Crippen LogP contribution in [-0.2, 0) is 20.6 Å². The van der Waals surface area contributed by atoms with E-state index in [0.717, 1.165) is 37.1 Å². The van der Waals surface area contributed by atoms with Crippen LogP contribution < -0.4 is 9.64 Å². The van der Waals surface area contributed by atoms with Crippen LogP contribution in [0.25, 0.3) is 33.1 Å². The van der Waals surface area contributed by atoms with Crippen LogP contribution in [0.2, 0.25) is 5.02 Å². The average Bonchev–Trinajstić information content (AvgIpc) is 3.64. The Balaban J connectivity index is 1.30. The van der Waals surface area contributed by atoms with Crippen molar-refractivity contribution in [2.75, 3.05) is 57.5 Å². The van der Waals surface area contributed by atoms with Crippen LogP contribution in [0.5, 0.6) is 6.01 Å². The van der Waals surface area contributed by atoms with Gasteiger partial charge in [-0.25, -0.2) is 9.18 Å². The zero-order valence-electron chi connectivity index (χ0n) is 25.7. The molecular weight excluding hydrogens is 629 g/mol. The first-order valence-corrected chi connectivity index (χ1v) is 16.0. The molecule has 9 rings (SSSR count). The first kappa shape index (κ1) is 30.0. The van der Waals surface area contributed by atoms with Crippen molar-refractivity contribution >= 4 is 45.4 Å². The lowest BCUT2D eigenvalue weighted by molar-refractivity contribution is -0.00448. The van der Waals surface area contributed by atoms with E-state index in [-0.39, 0.29) is 49.1 Å². The SMILES string of the molecule is C=C1CN2CC(=C)CC2(COc2nc3c4cnc(c(F)c4n2)-c2c(c(Cl)cc4[nH]ncc24)CCCOC(=O)O[C@@H]2COCCN3C2)C1. The maximum absolute atomic E-state index is 17.0. The van der Waals surface area contributed by atoms with Gasteiger partial charge in [0.1, 0.15) is 29.7 Å². The molecule has 0 aliphatic carbocycles. The second-order valence-electron chi connectivity index (χ2n) is 12.7. The molecular formula is C33H33ClFN7O5. The van der Waals surface area contributed by atoms with Gasteiger partial charge in [0.15, 0.2) is 5.82 Å². The van der Waals surface area contributed by atoms with Gasteiger partial charge in [0.05, 0.1) is 49.0 Å². The second kappa shape index (κ2) is 11.7. The van der Waals surface area contributed by atoms with Crippen molar-refractivity contribution in [3.05, 3.63) is 59.2 Å². The minimum absolute atomic E-state index is 0.0239. The normalized spacial score (nSPS) is 21.6. The van der Waals surface area contributed by atoms with E-state index in [1.54, 1.807) is 18.5 Å². The van der Waals surface area contributed by atoms with Crippen LogP contribution in [-0.4, -0.2) is 100 Å². The van der Waals surface area contributed by atoms with Gasteiger partial charge in [-0.1, -0.05) is 35.9 Å². The van der Waals surface area contributed by atoms with Crippen LogP contribution >= 0.6 is 11.6 Å². The van der Waals surface area contributed by atoms with E-state index >= 15 is 4.39 Å². The molecule has 0 amide bonds. The standard InChI is InChI=1S/C33H33ClFN7O5/c1-18-9-33(10-19(2)14-42(33)13-18)17-46-31-38-28-23-11-36-29(27(28)35)26-21(24(34)8-25-22(26)12-37-40-25)4-3-6-45-32(43)47-20-15-41(30(23)39-31)5-7-44-16-20/h8,11-12,20H,1-7,9-10,13-17H2,(H,37,40)/t20-/m0/s1. The third-order valence-corrected chi connectivity index (χ3v) is 9.73. The number of halogens is 2. The predicted molar refractivity (Wildman–Crippen MR) is 172 cm³/mol. The highest BCUT2D eigenvalue weighted by Gasteiger charge is 2.48. The maximum atomic E-state index is 17.0. The third kappa shape index (κ3) is 5.35. The molecule has 6 bridgehead atoms. The number of aromatic amines is 1. The van der Waals surface area contributed by atoms with Gasteiger partial charge in [-0.2, -0.15) is 15.1 Å². The number of nitrogens with zero attached hydrogens (tertiary/aromatic N) is 6. The number of aromatic nitrogens is 5. The molecule has 1 N–H and O–H groups in total.